The molecule has 0 aliphatic heterocycles. The van der Waals surface area contributed by atoms with Crippen LogP contribution in [-0.4, -0.2) is 66.1 Å². The third kappa shape index (κ3) is 10.4. The number of hydrogen-bond donors (Lipinski definition) is 2. The van der Waals surface area contributed by atoms with Gasteiger partial charge in [-0.1, -0.05) is 0 Å². The zero-order valence-corrected chi connectivity index (χ0v) is 20.0. The Hall–Kier alpha value is -1.52. The second-order valence-electron chi connectivity index (χ2n) is 7.33. The van der Waals surface area contributed by atoms with Crippen molar-refractivity contribution in [2.24, 2.45) is 4.99 Å². The standard InChI is InChI=1S/C18H34N6O2.HI/c1-14-13-15(2)24(22-14)11-8-9-20-16(19-6)21-10-12-23(7)17(25)26-18(3,4)5;/h13H,8-12H2,1-7H3,(H2,19,20,21);1H. The van der Waals surface area contributed by atoms with Crippen molar-refractivity contribution in [3.8, 4) is 0 Å². The molecule has 0 fully saturated rings. The number of aryl methyl sites for hydroxylation is 3. The molecule has 156 valence electrons. The highest BCUT2D eigenvalue weighted by molar-refractivity contribution is 14.0. The van der Waals surface area contributed by atoms with Crippen LogP contribution >= 0.6 is 24.0 Å². The quantitative estimate of drug-likeness (QED) is 0.264. The lowest BCUT2D eigenvalue weighted by Gasteiger charge is -2.24. The van der Waals surface area contributed by atoms with E-state index < -0.39 is 5.60 Å². The van der Waals surface area contributed by atoms with Gasteiger partial charge in [0.05, 0.1) is 5.69 Å². The molecule has 8 nitrogen and oxygen atoms in total. The van der Waals surface area contributed by atoms with Crippen molar-refractivity contribution in [2.45, 2.75) is 53.2 Å². The Morgan fingerprint density at radius 3 is 2.44 bits per heavy atom. The Kier molecular flexibility index (Phi) is 11.4. The fourth-order valence-electron chi connectivity index (χ4n) is 2.33. The van der Waals surface area contributed by atoms with Gasteiger partial charge >= 0.3 is 6.09 Å². The molecule has 1 aromatic rings. The number of hydrogen-bond acceptors (Lipinski definition) is 4. The van der Waals surface area contributed by atoms with Crippen molar-refractivity contribution in [1.82, 2.24) is 25.3 Å². The Balaban J connectivity index is 0.00000676. The van der Waals surface area contributed by atoms with Gasteiger partial charge in [-0.2, -0.15) is 5.10 Å². The fourth-order valence-corrected chi connectivity index (χ4v) is 2.33. The summed E-state index contributed by atoms with van der Waals surface area (Å²) >= 11 is 0. The van der Waals surface area contributed by atoms with E-state index in [-0.39, 0.29) is 30.1 Å². The smallest absolute Gasteiger partial charge is 0.410 e. The number of halogens is 1. The van der Waals surface area contributed by atoms with Gasteiger partial charge in [-0.05, 0) is 47.1 Å². The molecular weight excluding hydrogens is 459 g/mol. The van der Waals surface area contributed by atoms with Crippen molar-refractivity contribution in [3.05, 3.63) is 17.5 Å². The average Bonchev–Trinajstić information content (AvgIpc) is 2.85. The van der Waals surface area contributed by atoms with Crippen LogP contribution in [0.4, 0.5) is 4.79 Å². The van der Waals surface area contributed by atoms with Gasteiger partial charge in [0.15, 0.2) is 5.96 Å². The van der Waals surface area contributed by atoms with Crippen LogP contribution in [0, 0.1) is 13.8 Å². The minimum Gasteiger partial charge on any atom is -0.444 e. The van der Waals surface area contributed by atoms with Crippen molar-refractivity contribution < 1.29 is 9.53 Å². The van der Waals surface area contributed by atoms with Gasteiger partial charge in [0.2, 0.25) is 0 Å². The summed E-state index contributed by atoms with van der Waals surface area (Å²) in [7, 11) is 3.45. The molecule has 1 aromatic heterocycles. The molecule has 0 radical (unpaired) electrons. The average molecular weight is 494 g/mol. The normalized spacial score (nSPS) is 11.6. The van der Waals surface area contributed by atoms with Gasteiger partial charge in [0.1, 0.15) is 5.60 Å². The number of carbonyl (C=O) groups is 1. The van der Waals surface area contributed by atoms with E-state index in [2.05, 4.69) is 33.7 Å². The Labute approximate surface area is 180 Å². The molecule has 0 saturated carbocycles. The van der Waals surface area contributed by atoms with E-state index in [1.165, 1.54) is 5.69 Å². The maximum Gasteiger partial charge on any atom is 0.410 e. The van der Waals surface area contributed by atoms with Crippen molar-refractivity contribution in [3.63, 3.8) is 0 Å². The van der Waals surface area contributed by atoms with Crippen LogP contribution in [0.3, 0.4) is 0 Å². The van der Waals surface area contributed by atoms with Gasteiger partial charge < -0.3 is 20.3 Å². The lowest BCUT2D eigenvalue weighted by Crippen LogP contribution is -2.43. The second-order valence-corrected chi connectivity index (χ2v) is 7.33. The number of rotatable bonds is 7. The Bertz CT molecular complexity index is 609. The van der Waals surface area contributed by atoms with Gasteiger partial charge in [-0.15, -0.1) is 24.0 Å². The second kappa shape index (κ2) is 12.0. The highest BCUT2D eigenvalue weighted by Gasteiger charge is 2.19. The van der Waals surface area contributed by atoms with Crippen LogP contribution < -0.4 is 10.6 Å². The molecule has 0 aliphatic rings. The lowest BCUT2D eigenvalue weighted by atomic mass is 10.2. The Morgan fingerprint density at radius 2 is 1.93 bits per heavy atom. The number of likely N-dealkylation sites (N-methyl/N-ethyl adjacent to an activating group) is 1. The van der Waals surface area contributed by atoms with Gasteiger partial charge in [0, 0.05) is 46.0 Å². The third-order valence-corrected chi connectivity index (χ3v) is 3.61. The van der Waals surface area contributed by atoms with Crippen LogP contribution in [-0.2, 0) is 11.3 Å². The number of nitrogens with one attached hydrogen (secondary N) is 2. The molecule has 0 aromatic carbocycles. The van der Waals surface area contributed by atoms with E-state index in [0.29, 0.717) is 13.1 Å². The molecular formula is C18H35IN6O2. The predicted molar refractivity (Wildman–Crippen MR) is 120 cm³/mol. The lowest BCUT2D eigenvalue weighted by molar-refractivity contribution is 0.0302. The molecule has 27 heavy (non-hydrogen) atoms. The van der Waals surface area contributed by atoms with Crippen LogP contribution in [0.1, 0.15) is 38.6 Å². The first kappa shape index (κ1) is 25.5. The highest BCUT2D eigenvalue weighted by Crippen LogP contribution is 2.08. The van der Waals surface area contributed by atoms with Crippen LogP contribution in [0.25, 0.3) is 0 Å². The summed E-state index contributed by atoms with van der Waals surface area (Å²) in [6, 6.07) is 2.08. The zero-order chi connectivity index (χ0) is 19.7. The molecule has 0 bridgehead atoms. The summed E-state index contributed by atoms with van der Waals surface area (Å²) in [6.45, 7) is 12.4. The first-order chi connectivity index (χ1) is 12.1. The van der Waals surface area contributed by atoms with Crippen LogP contribution in [0.15, 0.2) is 11.1 Å². The maximum atomic E-state index is 11.9. The monoisotopic (exact) mass is 494 g/mol. The molecule has 1 rings (SSSR count). The highest BCUT2D eigenvalue weighted by atomic mass is 127. The topological polar surface area (TPSA) is 83.8 Å². The largest absolute Gasteiger partial charge is 0.444 e. The summed E-state index contributed by atoms with van der Waals surface area (Å²) in [5.41, 5.74) is 1.74. The summed E-state index contributed by atoms with van der Waals surface area (Å²) < 4.78 is 7.34. The van der Waals surface area contributed by atoms with Crippen molar-refractivity contribution in [2.75, 3.05) is 33.7 Å². The van der Waals surface area contributed by atoms with Crippen molar-refractivity contribution in [1.29, 1.82) is 0 Å². The van der Waals surface area contributed by atoms with Gasteiger partial charge in [-0.3, -0.25) is 9.67 Å². The Morgan fingerprint density at radius 1 is 1.30 bits per heavy atom. The third-order valence-electron chi connectivity index (χ3n) is 3.61. The SMILES string of the molecule is CN=C(NCCCn1nc(C)cc1C)NCCN(C)C(=O)OC(C)(C)C.I. The molecule has 0 spiro atoms. The minimum atomic E-state index is -0.484. The van der Waals surface area contributed by atoms with E-state index in [0.717, 1.165) is 31.2 Å². The van der Waals surface area contributed by atoms with Crippen LogP contribution in [0.5, 0.6) is 0 Å². The first-order valence-electron chi connectivity index (χ1n) is 9.02. The first-order valence-corrected chi connectivity index (χ1v) is 9.02. The summed E-state index contributed by atoms with van der Waals surface area (Å²) in [5, 5.41) is 10.9. The minimum absolute atomic E-state index is 0. The number of aliphatic imine (C=N–C) groups is 1. The number of amides is 1. The number of aromatic nitrogens is 2. The molecule has 2 N–H and O–H groups in total. The molecule has 9 heteroatoms. The zero-order valence-electron chi connectivity index (χ0n) is 17.6. The van der Waals surface area contributed by atoms with Crippen molar-refractivity contribution >= 4 is 36.0 Å². The van der Waals surface area contributed by atoms with E-state index in [1.54, 1.807) is 19.0 Å². The number of ether oxygens (including phenoxy) is 1. The van der Waals surface area contributed by atoms with E-state index in [4.69, 9.17) is 4.74 Å². The van der Waals surface area contributed by atoms with Gasteiger partial charge in [-0.25, -0.2) is 4.79 Å². The van der Waals surface area contributed by atoms with Crippen LogP contribution in [0.2, 0.25) is 0 Å². The molecule has 1 amide bonds. The van der Waals surface area contributed by atoms with Gasteiger partial charge in [0.25, 0.3) is 0 Å². The van der Waals surface area contributed by atoms with E-state index >= 15 is 0 Å². The summed E-state index contributed by atoms with van der Waals surface area (Å²) in [6.07, 6.45) is 0.618. The molecule has 0 saturated heterocycles. The molecule has 0 aliphatic carbocycles. The predicted octanol–water partition coefficient (Wildman–Crippen LogP) is 2.54. The number of guanidine groups is 1. The summed E-state index contributed by atoms with van der Waals surface area (Å²) in [4.78, 5) is 17.6. The maximum absolute atomic E-state index is 11.9. The van der Waals surface area contributed by atoms with E-state index in [9.17, 15) is 4.79 Å². The van der Waals surface area contributed by atoms with E-state index in [1.807, 2.05) is 32.4 Å². The molecule has 0 atom stereocenters. The summed E-state index contributed by atoms with van der Waals surface area (Å²) in [5.74, 6) is 0.718. The fraction of sp³-hybridized carbons (Fsp3) is 0.722. The molecule has 0 unspecified atom stereocenters. The molecule has 1 heterocycles. The number of nitrogens with zero attached hydrogens (tertiary/aromatic N) is 4. The number of carbonyl (C=O) groups excluding carboxylic acids is 1.